The Morgan fingerprint density at radius 2 is 1.82 bits per heavy atom. The van der Waals surface area contributed by atoms with Crippen LogP contribution in [0.15, 0.2) is 65.5 Å². The molecule has 2 aromatic carbocycles. The highest BCUT2D eigenvalue weighted by Gasteiger charge is 2.40. The van der Waals surface area contributed by atoms with E-state index in [0.717, 1.165) is 30.4 Å². The topological polar surface area (TPSA) is 84.1 Å². The van der Waals surface area contributed by atoms with Crippen LogP contribution in [0.3, 0.4) is 0 Å². The number of halogens is 1. The molecule has 0 aliphatic heterocycles. The normalized spacial score (nSPS) is 14.8. The SMILES string of the molecule is O=C(NC1(c2ccc(OF)cc2)CCC1)c1cc(=O)[nH]c(-c2ccccc2)n1. The minimum absolute atomic E-state index is 0.0533. The van der Waals surface area contributed by atoms with Gasteiger partial charge in [-0.25, -0.2) is 4.98 Å². The number of aromatic nitrogens is 2. The van der Waals surface area contributed by atoms with Crippen LogP contribution in [0.25, 0.3) is 11.4 Å². The van der Waals surface area contributed by atoms with Gasteiger partial charge in [0.1, 0.15) is 11.5 Å². The highest BCUT2D eigenvalue weighted by Crippen LogP contribution is 2.41. The van der Waals surface area contributed by atoms with Crippen molar-refractivity contribution in [2.75, 3.05) is 0 Å². The van der Waals surface area contributed by atoms with E-state index < -0.39 is 17.0 Å². The first-order valence-electron chi connectivity index (χ1n) is 8.98. The number of H-pyrrole nitrogens is 1. The van der Waals surface area contributed by atoms with Crippen molar-refractivity contribution in [3.63, 3.8) is 0 Å². The number of benzene rings is 2. The fourth-order valence-corrected chi connectivity index (χ4v) is 3.43. The predicted molar refractivity (Wildman–Crippen MR) is 101 cm³/mol. The molecule has 1 aromatic heterocycles. The first kappa shape index (κ1) is 17.9. The second-order valence-corrected chi connectivity index (χ2v) is 6.84. The largest absolute Gasteiger partial charge is 0.341 e. The third kappa shape index (κ3) is 3.38. The van der Waals surface area contributed by atoms with Crippen molar-refractivity contribution in [1.82, 2.24) is 15.3 Å². The van der Waals surface area contributed by atoms with Crippen molar-refractivity contribution in [3.05, 3.63) is 82.3 Å². The minimum atomic E-state index is -0.552. The molecule has 6 nitrogen and oxygen atoms in total. The molecular formula is C21H18FN3O3. The van der Waals surface area contributed by atoms with Crippen LogP contribution in [0.5, 0.6) is 5.75 Å². The van der Waals surface area contributed by atoms with E-state index in [0.29, 0.717) is 5.82 Å². The van der Waals surface area contributed by atoms with Crippen LogP contribution in [0, 0.1) is 0 Å². The summed E-state index contributed by atoms with van der Waals surface area (Å²) in [6.07, 6.45) is 2.46. The first-order valence-corrected chi connectivity index (χ1v) is 8.98. The molecule has 1 amide bonds. The second-order valence-electron chi connectivity index (χ2n) is 6.84. The Balaban J connectivity index is 1.62. The maximum Gasteiger partial charge on any atom is 0.270 e. The van der Waals surface area contributed by atoms with Gasteiger partial charge < -0.3 is 10.3 Å². The summed E-state index contributed by atoms with van der Waals surface area (Å²) in [5.41, 5.74) is 0.683. The third-order valence-corrected chi connectivity index (χ3v) is 5.08. The van der Waals surface area contributed by atoms with Crippen LogP contribution >= 0.6 is 0 Å². The Labute approximate surface area is 160 Å². The van der Waals surface area contributed by atoms with E-state index in [2.05, 4.69) is 20.2 Å². The minimum Gasteiger partial charge on any atom is -0.341 e. The van der Waals surface area contributed by atoms with Gasteiger partial charge in [-0.15, -0.1) is 0 Å². The fraction of sp³-hybridized carbons (Fsp3) is 0.190. The van der Waals surface area contributed by atoms with Gasteiger partial charge in [0, 0.05) is 16.2 Å². The number of amides is 1. The molecule has 0 atom stereocenters. The zero-order valence-corrected chi connectivity index (χ0v) is 14.9. The Bertz CT molecular complexity index is 1040. The molecular weight excluding hydrogens is 361 g/mol. The van der Waals surface area contributed by atoms with Gasteiger partial charge in [0.2, 0.25) is 0 Å². The van der Waals surface area contributed by atoms with Crippen LogP contribution in [0.2, 0.25) is 0 Å². The monoisotopic (exact) mass is 379 g/mol. The summed E-state index contributed by atoms with van der Waals surface area (Å²) in [4.78, 5) is 35.6. The summed E-state index contributed by atoms with van der Waals surface area (Å²) in [5.74, 6) is 0.0208. The first-order chi connectivity index (χ1) is 13.6. The second kappa shape index (κ2) is 7.26. The average Bonchev–Trinajstić information content (AvgIpc) is 2.71. The van der Waals surface area contributed by atoms with Crippen LogP contribution in [0.4, 0.5) is 4.53 Å². The number of carbonyl (C=O) groups excluding carboxylic acids is 1. The molecule has 1 fully saturated rings. The lowest BCUT2D eigenvalue weighted by molar-refractivity contribution is -0.00628. The van der Waals surface area contributed by atoms with Crippen LogP contribution in [-0.2, 0) is 5.54 Å². The van der Waals surface area contributed by atoms with E-state index in [4.69, 9.17) is 0 Å². The molecule has 2 N–H and O–H groups in total. The number of hydrogen-bond donors (Lipinski definition) is 2. The number of nitrogens with one attached hydrogen (secondary N) is 2. The van der Waals surface area contributed by atoms with Crippen molar-refractivity contribution < 1.29 is 14.3 Å². The van der Waals surface area contributed by atoms with Crippen molar-refractivity contribution in [1.29, 1.82) is 0 Å². The number of nitrogens with zero attached hydrogens (tertiary/aromatic N) is 1. The molecule has 3 aromatic rings. The molecule has 4 rings (SSSR count). The van der Waals surface area contributed by atoms with Gasteiger partial charge in [-0.3, -0.25) is 14.5 Å². The number of hydrogen-bond acceptors (Lipinski definition) is 4. The van der Waals surface area contributed by atoms with E-state index in [9.17, 15) is 14.1 Å². The highest BCUT2D eigenvalue weighted by molar-refractivity contribution is 5.93. The quantitative estimate of drug-likeness (QED) is 0.711. The molecule has 7 heteroatoms. The summed E-state index contributed by atoms with van der Waals surface area (Å²) in [6, 6.07) is 16.8. The predicted octanol–water partition coefficient (Wildman–Crippen LogP) is 3.51. The molecule has 1 aliphatic rings. The smallest absolute Gasteiger partial charge is 0.270 e. The van der Waals surface area contributed by atoms with Gasteiger partial charge in [-0.1, -0.05) is 42.5 Å². The van der Waals surface area contributed by atoms with Gasteiger partial charge in [-0.2, -0.15) is 0 Å². The maximum absolute atomic E-state index is 12.9. The Kier molecular flexibility index (Phi) is 4.65. The van der Waals surface area contributed by atoms with Gasteiger partial charge in [0.25, 0.3) is 11.5 Å². The Morgan fingerprint density at radius 1 is 1.11 bits per heavy atom. The molecule has 0 spiro atoms. The standard InChI is InChI=1S/C21H18FN3O3/c22-28-16-9-7-15(8-10-16)21(11-4-12-21)25-20(27)17-13-18(26)24-19(23-17)14-5-2-1-3-6-14/h1-3,5-10,13H,4,11-12H2,(H,25,27)(H,23,24,26). The zero-order chi connectivity index (χ0) is 19.6. The van der Waals surface area contributed by atoms with Crippen LogP contribution < -0.4 is 15.8 Å². The molecule has 1 saturated carbocycles. The fourth-order valence-electron chi connectivity index (χ4n) is 3.43. The third-order valence-electron chi connectivity index (χ3n) is 5.08. The van der Waals surface area contributed by atoms with E-state index in [1.807, 2.05) is 30.3 Å². The zero-order valence-electron chi connectivity index (χ0n) is 14.9. The lowest BCUT2D eigenvalue weighted by atomic mass is 9.71. The van der Waals surface area contributed by atoms with Crippen molar-refractivity contribution >= 4 is 5.91 Å². The van der Waals surface area contributed by atoms with Crippen molar-refractivity contribution in [2.45, 2.75) is 24.8 Å². The molecule has 0 saturated heterocycles. The van der Waals surface area contributed by atoms with Crippen molar-refractivity contribution in [2.24, 2.45) is 0 Å². The Morgan fingerprint density at radius 3 is 2.43 bits per heavy atom. The molecule has 1 heterocycles. The van der Waals surface area contributed by atoms with E-state index in [1.165, 1.54) is 18.2 Å². The number of carbonyl (C=O) groups is 1. The molecule has 0 radical (unpaired) electrons. The summed E-state index contributed by atoms with van der Waals surface area (Å²) in [6.45, 7) is 0. The Hall–Kier alpha value is -3.48. The van der Waals surface area contributed by atoms with Gasteiger partial charge in [0.05, 0.1) is 5.54 Å². The molecule has 0 bridgehead atoms. The van der Waals surface area contributed by atoms with E-state index in [1.54, 1.807) is 12.1 Å². The lowest BCUT2D eigenvalue weighted by Crippen LogP contribution is -2.51. The van der Waals surface area contributed by atoms with Gasteiger partial charge in [0.15, 0.2) is 5.75 Å². The lowest BCUT2D eigenvalue weighted by Gasteiger charge is -2.43. The van der Waals surface area contributed by atoms with Crippen LogP contribution in [-0.4, -0.2) is 15.9 Å². The highest BCUT2D eigenvalue weighted by atomic mass is 19.3. The van der Waals surface area contributed by atoms with Crippen LogP contribution in [0.1, 0.15) is 35.3 Å². The number of rotatable bonds is 5. The molecule has 28 heavy (non-hydrogen) atoms. The van der Waals surface area contributed by atoms with E-state index >= 15 is 0 Å². The van der Waals surface area contributed by atoms with Gasteiger partial charge >= 0.3 is 0 Å². The number of aromatic amines is 1. The van der Waals surface area contributed by atoms with Gasteiger partial charge in [-0.05, 0) is 37.0 Å². The summed E-state index contributed by atoms with van der Waals surface area (Å²) < 4.78 is 12.3. The maximum atomic E-state index is 12.9. The summed E-state index contributed by atoms with van der Waals surface area (Å²) in [5, 5.41) is 3.02. The van der Waals surface area contributed by atoms with Crippen molar-refractivity contribution in [3.8, 4) is 17.1 Å². The molecule has 1 aliphatic carbocycles. The summed E-state index contributed by atoms with van der Waals surface area (Å²) in [7, 11) is 0. The summed E-state index contributed by atoms with van der Waals surface area (Å²) >= 11 is 0. The molecule has 142 valence electrons. The molecule has 0 unspecified atom stereocenters. The average molecular weight is 379 g/mol. The van der Waals surface area contributed by atoms with E-state index in [-0.39, 0.29) is 11.4 Å².